The summed E-state index contributed by atoms with van der Waals surface area (Å²) in [6.07, 6.45) is 1.05. The number of hydrogen-bond donors (Lipinski definition) is 3. The molecule has 0 heterocycles. The number of carbonyl (C=O) groups excluding carboxylic acids is 2. The molecule has 0 spiro atoms. The Labute approximate surface area is 236 Å². The Hall–Kier alpha value is -3.80. The fraction of sp³-hybridized carbons (Fsp3) is 0.483. The zero-order valence-corrected chi connectivity index (χ0v) is 22.5. The predicted octanol–water partition coefficient (Wildman–Crippen LogP) is 5.56. The SMILES string of the molecule is O=C(O)CCNC(=O)c1ccc(CN(C(=O)Nc2ccc(OC(F)(F)F)cc2)C2CCC(COC3CC3)CC2)cc1. The molecule has 2 aromatic carbocycles. The topological polar surface area (TPSA) is 117 Å². The minimum Gasteiger partial charge on any atom is -0.481 e. The van der Waals surface area contributed by atoms with Gasteiger partial charge >= 0.3 is 18.4 Å². The Morgan fingerprint density at radius 2 is 1.59 bits per heavy atom. The summed E-state index contributed by atoms with van der Waals surface area (Å²) < 4.78 is 47.3. The third kappa shape index (κ3) is 9.96. The van der Waals surface area contributed by atoms with Gasteiger partial charge in [-0.3, -0.25) is 9.59 Å². The van der Waals surface area contributed by atoms with Gasteiger partial charge in [-0.2, -0.15) is 0 Å². The number of carboxylic acids is 1. The van der Waals surface area contributed by atoms with Gasteiger partial charge in [0.05, 0.1) is 12.5 Å². The van der Waals surface area contributed by atoms with Crippen molar-refractivity contribution in [3.63, 3.8) is 0 Å². The maximum absolute atomic E-state index is 13.5. The number of ether oxygens (including phenoxy) is 2. The van der Waals surface area contributed by atoms with E-state index >= 15 is 0 Å². The van der Waals surface area contributed by atoms with Crippen molar-refractivity contribution in [1.29, 1.82) is 0 Å². The maximum Gasteiger partial charge on any atom is 0.573 e. The minimum absolute atomic E-state index is 0.0154. The number of carboxylic acid groups (broad SMARTS) is 1. The number of benzene rings is 2. The highest BCUT2D eigenvalue weighted by molar-refractivity contribution is 5.94. The lowest BCUT2D eigenvalue weighted by atomic mass is 9.85. The Bertz CT molecular complexity index is 1180. The molecule has 0 bridgehead atoms. The van der Waals surface area contributed by atoms with Crippen LogP contribution in [0, 0.1) is 5.92 Å². The van der Waals surface area contributed by atoms with Crippen LogP contribution in [0.1, 0.15) is 60.9 Å². The standard InChI is InChI=1S/C29H34F3N3O6/c30-29(31,32)41-25-11-7-22(8-12-25)34-28(39)35(23-9-3-20(4-10-23)18-40-24-13-14-24)17-19-1-5-21(6-2-19)27(38)33-16-15-26(36)37/h1-2,5-8,11-12,20,23-24H,3-4,9-10,13-18H2,(H,33,38)(H,34,39)(H,36,37). The Balaban J connectivity index is 1.40. The van der Waals surface area contributed by atoms with Gasteiger partial charge in [-0.1, -0.05) is 12.1 Å². The van der Waals surface area contributed by atoms with E-state index in [1.807, 2.05) is 0 Å². The van der Waals surface area contributed by atoms with Gasteiger partial charge in [-0.15, -0.1) is 13.2 Å². The van der Waals surface area contributed by atoms with Crippen LogP contribution in [-0.2, 0) is 16.1 Å². The summed E-state index contributed by atoms with van der Waals surface area (Å²) in [7, 11) is 0. The molecule has 2 aromatic rings. The number of halogens is 3. The number of nitrogens with one attached hydrogen (secondary N) is 2. The van der Waals surface area contributed by atoms with E-state index in [4.69, 9.17) is 9.84 Å². The highest BCUT2D eigenvalue weighted by atomic mass is 19.4. The van der Waals surface area contributed by atoms with E-state index in [0.29, 0.717) is 23.3 Å². The molecule has 2 fully saturated rings. The highest BCUT2D eigenvalue weighted by Gasteiger charge is 2.32. The smallest absolute Gasteiger partial charge is 0.481 e. The maximum atomic E-state index is 13.5. The summed E-state index contributed by atoms with van der Waals surface area (Å²) in [5.74, 6) is -1.34. The van der Waals surface area contributed by atoms with E-state index < -0.39 is 18.2 Å². The first kappa shape index (κ1) is 30.2. The van der Waals surface area contributed by atoms with Crippen molar-refractivity contribution in [2.45, 2.75) is 70.0 Å². The second kappa shape index (κ2) is 13.7. The first-order valence-electron chi connectivity index (χ1n) is 13.7. The van der Waals surface area contributed by atoms with Gasteiger partial charge in [0.1, 0.15) is 5.75 Å². The van der Waals surface area contributed by atoms with Crippen molar-refractivity contribution >= 4 is 23.6 Å². The van der Waals surface area contributed by atoms with Gasteiger partial charge in [-0.05, 0) is 86.4 Å². The van der Waals surface area contributed by atoms with Crippen molar-refractivity contribution < 1.29 is 42.1 Å². The summed E-state index contributed by atoms with van der Waals surface area (Å²) in [4.78, 5) is 38.1. The molecule has 4 rings (SSSR count). The quantitative estimate of drug-likeness (QED) is 0.304. The van der Waals surface area contributed by atoms with E-state index in [1.165, 1.54) is 12.1 Å². The van der Waals surface area contributed by atoms with Crippen LogP contribution in [0.4, 0.5) is 23.7 Å². The number of amides is 3. The monoisotopic (exact) mass is 577 g/mol. The van der Waals surface area contributed by atoms with Crippen LogP contribution in [0.5, 0.6) is 5.75 Å². The highest BCUT2D eigenvalue weighted by Crippen LogP contribution is 2.32. The van der Waals surface area contributed by atoms with Crippen molar-refractivity contribution in [2.75, 3.05) is 18.5 Å². The van der Waals surface area contributed by atoms with E-state index in [0.717, 1.165) is 62.8 Å². The molecular weight excluding hydrogens is 543 g/mol. The van der Waals surface area contributed by atoms with Gasteiger partial charge in [0.25, 0.3) is 5.91 Å². The van der Waals surface area contributed by atoms with E-state index in [2.05, 4.69) is 15.4 Å². The Morgan fingerprint density at radius 1 is 0.927 bits per heavy atom. The number of hydrogen-bond acceptors (Lipinski definition) is 5. The summed E-state index contributed by atoms with van der Waals surface area (Å²) >= 11 is 0. The van der Waals surface area contributed by atoms with Crippen molar-refractivity contribution in [2.24, 2.45) is 5.92 Å². The molecule has 0 radical (unpaired) electrons. The average molecular weight is 578 g/mol. The van der Waals surface area contributed by atoms with Crippen LogP contribution >= 0.6 is 0 Å². The summed E-state index contributed by atoms with van der Waals surface area (Å²) in [5, 5.41) is 14.1. The summed E-state index contributed by atoms with van der Waals surface area (Å²) in [5.41, 5.74) is 1.48. The fourth-order valence-electron chi connectivity index (χ4n) is 4.78. The Kier molecular flexibility index (Phi) is 10.1. The fourth-order valence-corrected chi connectivity index (χ4v) is 4.78. The molecule has 41 heavy (non-hydrogen) atoms. The third-order valence-electron chi connectivity index (χ3n) is 7.14. The lowest BCUT2D eigenvalue weighted by molar-refractivity contribution is -0.274. The normalized spacial score (nSPS) is 18.8. The van der Waals surface area contributed by atoms with Crippen LogP contribution in [0.2, 0.25) is 0 Å². The number of anilines is 1. The Morgan fingerprint density at radius 3 is 2.17 bits per heavy atom. The van der Waals surface area contributed by atoms with E-state index in [1.54, 1.807) is 29.2 Å². The molecule has 12 heteroatoms. The van der Waals surface area contributed by atoms with Gasteiger partial charge in [0, 0.05) is 37.0 Å². The molecule has 2 aliphatic rings. The number of rotatable bonds is 12. The molecule has 0 atom stereocenters. The molecule has 3 amide bonds. The van der Waals surface area contributed by atoms with E-state index in [9.17, 15) is 27.6 Å². The zero-order chi connectivity index (χ0) is 29.4. The van der Waals surface area contributed by atoms with Crippen LogP contribution in [0.15, 0.2) is 48.5 Å². The number of carbonyl (C=O) groups is 3. The lowest BCUT2D eigenvalue weighted by Crippen LogP contribution is -2.44. The number of alkyl halides is 3. The second-order valence-corrected chi connectivity index (χ2v) is 10.4. The van der Waals surface area contributed by atoms with Crippen LogP contribution in [-0.4, -0.2) is 59.6 Å². The first-order chi connectivity index (χ1) is 19.6. The number of urea groups is 1. The second-order valence-electron chi connectivity index (χ2n) is 10.4. The van der Waals surface area contributed by atoms with Gasteiger partial charge in [0.2, 0.25) is 0 Å². The molecule has 0 saturated heterocycles. The molecule has 0 aromatic heterocycles. The van der Waals surface area contributed by atoms with E-state index in [-0.39, 0.29) is 37.3 Å². The molecular formula is C29H34F3N3O6. The molecule has 222 valence electrons. The van der Waals surface area contributed by atoms with Crippen LogP contribution in [0.25, 0.3) is 0 Å². The number of nitrogens with zero attached hydrogens (tertiary/aromatic N) is 1. The summed E-state index contributed by atoms with van der Waals surface area (Å²) in [6, 6.07) is 11.2. The first-order valence-corrected chi connectivity index (χ1v) is 13.7. The molecule has 0 aliphatic heterocycles. The van der Waals surface area contributed by atoms with Gasteiger partial charge in [-0.25, -0.2) is 4.79 Å². The molecule has 3 N–H and O–H groups in total. The average Bonchev–Trinajstić information content (AvgIpc) is 3.76. The predicted molar refractivity (Wildman–Crippen MR) is 143 cm³/mol. The minimum atomic E-state index is -4.81. The van der Waals surface area contributed by atoms with Crippen LogP contribution in [0.3, 0.4) is 0 Å². The van der Waals surface area contributed by atoms with Gasteiger partial charge in [0.15, 0.2) is 0 Å². The van der Waals surface area contributed by atoms with Crippen LogP contribution < -0.4 is 15.4 Å². The van der Waals surface area contributed by atoms with Gasteiger partial charge < -0.3 is 30.1 Å². The summed E-state index contributed by atoms with van der Waals surface area (Å²) in [6.45, 7) is 1.00. The molecule has 9 nitrogen and oxygen atoms in total. The molecule has 2 saturated carbocycles. The molecule has 0 unspecified atom stereocenters. The molecule has 2 aliphatic carbocycles. The largest absolute Gasteiger partial charge is 0.573 e. The zero-order valence-electron chi connectivity index (χ0n) is 22.5. The van der Waals surface area contributed by atoms with Crippen molar-refractivity contribution in [3.05, 3.63) is 59.7 Å². The lowest BCUT2D eigenvalue weighted by Gasteiger charge is -2.37. The van der Waals surface area contributed by atoms with Crippen molar-refractivity contribution in [3.8, 4) is 5.75 Å². The number of aliphatic carboxylic acids is 1. The van der Waals surface area contributed by atoms with Crippen molar-refractivity contribution in [1.82, 2.24) is 10.2 Å². The third-order valence-corrected chi connectivity index (χ3v) is 7.14.